The molecule has 0 aliphatic heterocycles. The van der Waals surface area contributed by atoms with Crippen LogP contribution in [0.2, 0.25) is 0 Å². The molecule has 0 spiro atoms. The van der Waals surface area contributed by atoms with Gasteiger partial charge in [-0.05, 0) is 20.8 Å². The van der Waals surface area contributed by atoms with Crippen molar-refractivity contribution >= 4 is 5.52 Å². The van der Waals surface area contributed by atoms with Gasteiger partial charge in [0.15, 0.2) is 0 Å². The van der Waals surface area contributed by atoms with Crippen LogP contribution in [-0.2, 0) is 0 Å². The second-order valence-corrected chi connectivity index (χ2v) is 2.77. The average Bonchev–Trinajstić information content (AvgIpc) is 2.41. The lowest BCUT2D eigenvalue weighted by atomic mass is 10.2. The Morgan fingerprint density at radius 3 is 2.55 bits per heavy atom. The SMILES string of the molecule is Cc1nn2[nH]nc(C)c2c1C. The molecule has 0 bridgehead atoms. The van der Waals surface area contributed by atoms with Crippen LogP contribution in [0.1, 0.15) is 17.0 Å². The van der Waals surface area contributed by atoms with Gasteiger partial charge < -0.3 is 0 Å². The Labute approximate surface area is 64.2 Å². The Balaban J connectivity index is 2.95. The van der Waals surface area contributed by atoms with Crippen LogP contribution in [0.25, 0.3) is 5.52 Å². The van der Waals surface area contributed by atoms with Crippen LogP contribution in [0.15, 0.2) is 0 Å². The number of rotatable bonds is 0. The number of H-pyrrole nitrogens is 1. The molecule has 4 nitrogen and oxygen atoms in total. The number of aromatic nitrogens is 4. The zero-order valence-electron chi connectivity index (χ0n) is 6.84. The first-order valence-electron chi connectivity index (χ1n) is 3.57. The number of hydrogen-bond donors (Lipinski definition) is 1. The lowest BCUT2D eigenvalue weighted by Gasteiger charge is -1.84. The highest BCUT2D eigenvalue weighted by molar-refractivity contribution is 5.58. The van der Waals surface area contributed by atoms with Crippen molar-refractivity contribution in [2.24, 2.45) is 0 Å². The zero-order valence-corrected chi connectivity index (χ0v) is 6.84. The molecular formula is C7H10N4. The maximum Gasteiger partial charge on any atom is 0.113 e. The van der Waals surface area contributed by atoms with Crippen LogP contribution in [-0.4, -0.2) is 20.0 Å². The Kier molecular flexibility index (Phi) is 1.07. The summed E-state index contributed by atoms with van der Waals surface area (Å²) in [4.78, 5) is 0. The van der Waals surface area contributed by atoms with Crippen LogP contribution in [0.3, 0.4) is 0 Å². The zero-order chi connectivity index (χ0) is 8.01. The molecule has 0 aromatic carbocycles. The van der Waals surface area contributed by atoms with Crippen molar-refractivity contribution < 1.29 is 0 Å². The summed E-state index contributed by atoms with van der Waals surface area (Å²) in [6.45, 7) is 6.02. The fourth-order valence-electron chi connectivity index (χ4n) is 1.28. The summed E-state index contributed by atoms with van der Waals surface area (Å²) in [6, 6.07) is 0. The van der Waals surface area contributed by atoms with Gasteiger partial charge in [0.2, 0.25) is 0 Å². The van der Waals surface area contributed by atoms with E-state index in [0.717, 1.165) is 16.9 Å². The molecule has 0 radical (unpaired) electrons. The predicted octanol–water partition coefficient (Wildman–Crippen LogP) is 0.983. The molecule has 2 aromatic rings. The first-order valence-corrected chi connectivity index (χ1v) is 3.57. The van der Waals surface area contributed by atoms with Gasteiger partial charge in [0.05, 0.1) is 11.4 Å². The van der Waals surface area contributed by atoms with Crippen LogP contribution >= 0.6 is 0 Å². The molecule has 4 heteroatoms. The molecule has 0 saturated carbocycles. The number of aryl methyl sites for hydroxylation is 3. The highest BCUT2D eigenvalue weighted by Gasteiger charge is 2.08. The largest absolute Gasteiger partial charge is 0.197 e. The van der Waals surface area contributed by atoms with Crippen molar-refractivity contribution in [3.63, 3.8) is 0 Å². The maximum absolute atomic E-state index is 4.23. The Morgan fingerprint density at radius 2 is 1.91 bits per heavy atom. The van der Waals surface area contributed by atoms with E-state index in [2.05, 4.69) is 22.3 Å². The van der Waals surface area contributed by atoms with E-state index >= 15 is 0 Å². The monoisotopic (exact) mass is 150 g/mol. The minimum absolute atomic E-state index is 1.00. The normalized spacial score (nSPS) is 11.2. The quantitative estimate of drug-likeness (QED) is 0.608. The molecule has 0 aliphatic rings. The molecule has 2 rings (SSSR count). The second kappa shape index (κ2) is 1.84. The summed E-state index contributed by atoms with van der Waals surface area (Å²) in [6.07, 6.45) is 0. The third-order valence-corrected chi connectivity index (χ3v) is 2.01. The second-order valence-electron chi connectivity index (χ2n) is 2.77. The molecule has 11 heavy (non-hydrogen) atoms. The van der Waals surface area contributed by atoms with Gasteiger partial charge in [-0.1, -0.05) is 0 Å². The molecule has 0 fully saturated rings. The van der Waals surface area contributed by atoms with Gasteiger partial charge in [0, 0.05) is 5.56 Å². The van der Waals surface area contributed by atoms with Crippen molar-refractivity contribution in [3.05, 3.63) is 17.0 Å². The van der Waals surface area contributed by atoms with Crippen molar-refractivity contribution in [2.45, 2.75) is 20.8 Å². The van der Waals surface area contributed by atoms with Crippen molar-refractivity contribution in [2.75, 3.05) is 0 Å². The summed E-state index contributed by atoms with van der Waals surface area (Å²) in [5.74, 6) is 0. The van der Waals surface area contributed by atoms with Gasteiger partial charge in [0.25, 0.3) is 0 Å². The van der Waals surface area contributed by atoms with Gasteiger partial charge in [-0.15, -0.1) is 0 Å². The molecule has 0 amide bonds. The molecule has 0 saturated heterocycles. The third-order valence-electron chi connectivity index (χ3n) is 2.01. The first kappa shape index (κ1) is 6.39. The van der Waals surface area contributed by atoms with E-state index in [1.807, 2.05) is 13.8 Å². The number of nitrogens with zero attached hydrogens (tertiary/aromatic N) is 3. The molecule has 2 aromatic heterocycles. The summed E-state index contributed by atoms with van der Waals surface area (Å²) in [5.41, 5.74) is 4.36. The van der Waals surface area contributed by atoms with Gasteiger partial charge >= 0.3 is 0 Å². The van der Waals surface area contributed by atoms with Crippen molar-refractivity contribution in [1.82, 2.24) is 20.0 Å². The van der Waals surface area contributed by atoms with E-state index < -0.39 is 0 Å². The van der Waals surface area contributed by atoms with Crippen LogP contribution < -0.4 is 0 Å². The molecule has 58 valence electrons. The van der Waals surface area contributed by atoms with E-state index in [1.165, 1.54) is 5.56 Å². The lowest BCUT2D eigenvalue weighted by molar-refractivity contribution is 0.745. The van der Waals surface area contributed by atoms with Gasteiger partial charge in [-0.2, -0.15) is 20.0 Å². The van der Waals surface area contributed by atoms with Crippen LogP contribution in [0.5, 0.6) is 0 Å². The van der Waals surface area contributed by atoms with Gasteiger partial charge in [-0.3, -0.25) is 0 Å². The topological polar surface area (TPSA) is 46.0 Å². The van der Waals surface area contributed by atoms with E-state index in [-0.39, 0.29) is 0 Å². The van der Waals surface area contributed by atoms with Gasteiger partial charge in [0.1, 0.15) is 5.52 Å². The Morgan fingerprint density at radius 1 is 1.18 bits per heavy atom. The molecule has 0 aliphatic carbocycles. The molecule has 1 N–H and O–H groups in total. The van der Waals surface area contributed by atoms with Gasteiger partial charge in [-0.25, -0.2) is 0 Å². The maximum atomic E-state index is 4.23. The van der Waals surface area contributed by atoms with Crippen LogP contribution in [0.4, 0.5) is 0 Å². The molecular weight excluding hydrogens is 140 g/mol. The fourth-order valence-corrected chi connectivity index (χ4v) is 1.28. The standard InChI is InChI=1S/C7H10N4/c1-4-5(2)9-11-7(4)6(3)8-10-11/h10H,1-3H3. The summed E-state index contributed by atoms with van der Waals surface area (Å²) in [7, 11) is 0. The minimum atomic E-state index is 1.00. The Hall–Kier alpha value is -1.32. The third kappa shape index (κ3) is 0.691. The first-order chi connectivity index (χ1) is 5.20. The van der Waals surface area contributed by atoms with E-state index in [9.17, 15) is 0 Å². The summed E-state index contributed by atoms with van der Waals surface area (Å²) < 4.78 is 1.71. The fraction of sp³-hybridized carbons (Fsp3) is 0.429. The number of fused-ring (bicyclic) bond motifs is 1. The molecule has 0 unspecified atom stereocenters. The van der Waals surface area contributed by atoms with Crippen LogP contribution in [0, 0.1) is 20.8 Å². The number of hydrogen-bond acceptors (Lipinski definition) is 2. The Bertz CT molecular complexity index is 396. The average molecular weight is 150 g/mol. The molecule has 0 atom stereocenters. The molecule has 2 heterocycles. The summed E-state index contributed by atoms with van der Waals surface area (Å²) in [5, 5.41) is 11.1. The smallest absolute Gasteiger partial charge is 0.113 e. The number of aromatic amines is 1. The minimum Gasteiger partial charge on any atom is -0.197 e. The lowest BCUT2D eigenvalue weighted by Crippen LogP contribution is -1.86. The number of nitrogens with one attached hydrogen (secondary N) is 1. The van der Waals surface area contributed by atoms with E-state index in [0.29, 0.717) is 0 Å². The van der Waals surface area contributed by atoms with Crippen molar-refractivity contribution in [3.8, 4) is 0 Å². The highest BCUT2D eigenvalue weighted by Crippen LogP contribution is 2.14. The van der Waals surface area contributed by atoms with E-state index in [1.54, 1.807) is 4.63 Å². The van der Waals surface area contributed by atoms with Crippen molar-refractivity contribution in [1.29, 1.82) is 0 Å². The summed E-state index contributed by atoms with van der Waals surface area (Å²) >= 11 is 0. The van der Waals surface area contributed by atoms with E-state index in [4.69, 9.17) is 0 Å². The predicted molar refractivity (Wildman–Crippen MR) is 41.5 cm³/mol. The highest BCUT2D eigenvalue weighted by atomic mass is 15.5.